The van der Waals surface area contributed by atoms with Crippen LogP contribution < -0.4 is 19.7 Å². The van der Waals surface area contributed by atoms with Gasteiger partial charge in [-0.15, -0.1) is 0 Å². The Morgan fingerprint density at radius 1 is 1.13 bits per heavy atom. The number of rotatable bonds is 5. The third-order valence-corrected chi connectivity index (χ3v) is 9.39. The molecule has 3 aliphatic rings. The molecular formula is C26H29N3O7S2. The number of thioether (sulfide) groups is 1. The number of carbonyl (C=O) groups is 2. The molecule has 2 aromatic rings. The zero-order chi connectivity index (χ0) is 27.1. The Kier molecular flexibility index (Phi) is 7.03. The fourth-order valence-electron chi connectivity index (χ4n) is 4.57. The van der Waals surface area contributed by atoms with Gasteiger partial charge in [0.15, 0.2) is 26.5 Å². The quantitative estimate of drug-likeness (QED) is 0.588. The second-order valence-corrected chi connectivity index (χ2v) is 13.7. The number of anilines is 1. The second kappa shape index (κ2) is 10.1. The first kappa shape index (κ1) is 26.4. The van der Waals surface area contributed by atoms with Crippen molar-refractivity contribution in [2.45, 2.75) is 50.1 Å². The Labute approximate surface area is 225 Å². The Balaban J connectivity index is 1.46. The van der Waals surface area contributed by atoms with Crippen molar-refractivity contribution in [1.82, 2.24) is 5.32 Å². The minimum Gasteiger partial charge on any atom is -0.454 e. The SMILES string of the molecule is CC(C)(C)OC(=O)N[C@@H](Cc1ccccc1)C(=O)N=C1S[C@H]2CS(=O)(=O)C[C@@H]2N1c1ccc2c(c1)OCO2. The van der Waals surface area contributed by atoms with Crippen LogP contribution in [0.2, 0.25) is 0 Å². The molecule has 0 saturated carbocycles. The maximum absolute atomic E-state index is 13.6. The van der Waals surface area contributed by atoms with Crippen LogP contribution >= 0.6 is 11.8 Å². The predicted molar refractivity (Wildman–Crippen MR) is 145 cm³/mol. The van der Waals surface area contributed by atoms with Crippen LogP contribution in [-0.2, 0) is 25.8 Å². The minimum atomic E-state index is -3.23. The van der Waals surface area contributed by atoms with Crippen LogP contribution in [0.1, 0.15) is 26.3 Å². The van der Waals surface area contributed by atoms with E-state index in [2.05, 4.69) is 10.3 Å². The summed E-state index contributed by atoms with van der Waals surface area (Å²) in [5.74, 6) is 0.526. The smallest absolute Gasteiger partial charge is 0.408 e. The lowest BCUT2D eigenvalue weighted by atomic mass is 10.1. The second-order valence-electron chi connectivity index (χ2n) is 10.3. The molecule has 2 saturated heterocycles. The number of amides is 2. The first-order valence-electron chi connectivity index (χ1n) is 12.2. The van der Waals surface area contributed by atoms with Crippen LogP contribution in [0.25, 0.3) is 0 Å². The highest BCUT2D eigenvalue weighted by atomic mass is 32.2. The summed E-state index contributed by atoms with van der Waals surface area (Å²) in [5.41, 5.74) is 0.755. The van der Waals surface area contributed by atoms with E-state index in [0.717, 1.165) is 5.56 Å². The molecule has 10 nitrogen and oxygen atoms in total. The molecule has 1 N–H and O–H groups in total. The van der Waals surface area contributed by atoms with Gasteiger partial charge in [-0.25, -0.2) is 13.2 Å². The van der Waals surface area contributed by atoms with Crippen LogP contribution in [0.15, 0.2) is 53.5 Å². The van der Waals surface area contributed by atoms with Crippen LogP contribution in [0, 0.1) is 0 Å². The van der Waals surface area contributed by atoms with E-state index in [1.807, 2.05) is 30.3 Å². The third kappa shape index (κ3) is 5.91. The average molecular weight is 560 g/mol. The molecule has 0 spiro atoms. The molecule has 0 unspecified atom stereocenters. The van der Waals surface area contributed by atoms with Crippen LogP contribution in [0.5, 0.6) is 11.5 Å². The van der Waals surface area contributed by atoms with Crippen molar-refractivity contribution in [3.05, 3.63) is 54.1 Å². The summed E-state index contributed by atoms with van der Waals surface area (Å²) in [4.78, 5) is 32.4. The molecule has 12 heteroatoms. The normalized spacial score (nSPS) is 23.2. The average Bonchev–Trinajstić information content (AvgIpc) is 3.49. The molecule has 0 bridgehead atoms. The van der Waals surface area contributed by atoms with Crippen molar-refractivity contribution in [2.24, 2.45) is 4.99 Å². The monoisotopic (exact) mass is 559 g/mol. The van der Waals surface area contributed by atoms with E-state index in [0.29, 0.717) is 22.4 Å². The Morgan fingerprint density at radius 2 is 1.87 bits per heavy atom. The van der Waals surface area contributed by atoms with Crippen molar-refractivity contribution >= 4 is 44.5 Å². The summed E-state index contributed by atoms with van der Waals surface area (Å²) in [7, 11) is -3.23. The number of hydrogen-bond donors (Lipinski definition) is 1. The van der Waals surface area contributed by atoms with E-state index in [4.69, 9.17) is 14.2 Å². The first-order chi connectivity index (χ1) is 18.0. The van der Waals surface area contributed by atoms with Crippen molar-refractivity contribution in [3.63, 3.8) is 0 Å². The van der Waals surface area contributed by atoms with E-state index in [1.54, 1.807) is 43.9 Å². The van der Waals surface area contributed by atoms with Crippen molar-refractivity contribution in [3.8, 4) is 11.5 Å². The molecular weight excluding hydrogens is 530 g/mol. The molecule has 0 radical (unpaired) electrons. The number of alkyl carbamates (subject to hydrolysis) is 1. The lowest BCUT2D eigenvalue weighted by Crippen LogP contribution is -2.45. The number of nitrogens with one attached hydrogen (secondary N) is 1. The number of ether oxygens (including phenoxy) is 3. The van der Waals surface area contributed by atoms with Gasteiger partial charge in [-0.3, -0.25) is 4.79 Å². The molecule has 3 heterocycles. The standard InChI is InChI=1S/C26H29N3O7S2/c1-26(2,3)36-25(31)27-18(11-16-7-5-4-6-8-16)23(30)28-24-29(19-13-38(32,33)14-22(19)37-24)17-9-10-20-21(12-17)35-15-34-20/h4-10,12,18-19,22H,11,13-15H2,1-3H3,(H,27,31)/t18-,19-,22-/m0/s1. The zero-order valence-electron chi connectivity index (χ0n) is 21.2. The van der Waals surface area contributed by atoms with Crippen LogP contribution in [-0.4, -0.2) is 66.8 Å². The fraction of sp³-hybridized carbons (Fsp3) is 0.423. The number of sulfone groups is 1. The maximum atomic E-state index is 13.6. The number of aliphatic imine (C=N–C) groups is 1. The molecule has 5 rings (SSSR count). The molecule has 2 amide bonds. The zero-order valence-corrected chi connectivity index (χ0v) is 22.9. The topological polar surface area (TPSA) is 124 Å². The first-order valence-corrected chi connectivity index (χ1v) is 14.9. The van der Waals surface area contributed by atoms with E-state index in [1.165, 1.54) is 11.8 Å². The third-order valence-electron chi connectivity index (χ3n) is 6.18. The van der Waals surface area contributed by atoms with Gasteiger partial charge < -0.3 is 24.4 Å². The number of hydrogen-bond acceptors (Lipinski definition) is 8. The number of carbonyl (C=O) groups excluding carboxylic acids is 2. The van der Waals surface area contributed by atoms with E-state index < -0.39 is 33.5 Å². The molecule has 2 fully saturated rings. The highest BCUT2D eigenvalue weighted by Gasteiger charge is 2.49. The van der Waals surface area contributed by atoms with Gasteiger partial charge in [0.1, 0.15) is 11.6 Å². The highest BCUT2D eigenvalue weighted by Crippen LogP contribution is 2.44. The predicted octanol–water partition coefficient (Wildman–Crippen LogP) is 3.15. The van der Waals surface area contributed by atoms with Gasteiger partial charge in [-0.05, 0) is 38.5 Å². The number of benzene rings is 2. The largest absolute Gasteiger partial charge is 0.454 e. The van der Waals surface area contributed by atoms with Gasteiger partial charge in [-0.2, -0.15) is 4.99 Å². The van der Waals surface area contributed by atoms with E-state index in [9.17, 15) is 18.0 Å². The van der Waals surface area contributed by atoms with Gasteiger partial charge in [0.05, 0.1) is 17.5 Å². The van der Waals surface area contributed by atoms with Crippen LogP contribution in [0.4, 0.5) is 10.5 Å². The molecule has 0 aromatic heterocycles. The Morgan fingerprint density at radius 3 is 2.61 bits per heavy atom. The lowest BCUT2D eigenvalue weighted by Gasteiger charge is -2.25. The molecule has 3 aliphatic heterocycles. The van der Waals surface area contributed by atoms with Gasteiger partial charge in [0.2, 0.25) is 6.79 Å². The molecule has 3 atom stereocenters. The van der Waals surface area contributed by atoms with E-state index in [-0.39, 0.29) is 36.0 Å². The van der Waals surface area contributed by atoms with Crippen LogP contribution in [0.3, 0.4) is 0 Å². The Hall–Kier alpha value is -3.25. The summed E-state index contributed by atoms with van der Waals surface area (Å²) in [6.07, 6.45) is -0.507. The summed E-state index contributed by atoms with van der Waals surface area (Å²) in [6.45, 7) is 5.33. The molecule has 202 valence electrons. The summed E-state index contributed by atoms with van der Waals surface area (Å²) in [5, 5.41) is 2.77. The minimum absolute atomic E-state index is 0.000197. The molecule has 2 aromatic carbocycles. The summed E-state index contributed by atoms with van der Waals surface area (Å²) in [6, 6.07) is 13.2. The lowest BCUT2D eigenvalue weighted by molar-refractivity contribution is -0.119. The van der Waals surface area contributed by atoms with Gasteiger partial charge in [0, 0.05) is 23.4 Å². The molecule has 0 aliphatic carbocycles. The summed E-state index contributed by atoms with van der Waals surface area (Å²) < 4.78 is 41.2. The van der Waals surface area contributed by atoms with Gasteiger partial charge >= 0.3 is 6.09 Å². The Bertz CT molecular complexity index is 1370. The number of nitrogens with zero attached hydrogens (tertiary/aromatic N) is 2. The van der Waals surface area contributed by atoms with Crippen molar-refractivity contribution < 1.29 is 32.2 Å². The molecule has 38 heavy (non-hydrogen) atoms. The van der Waals surface area contributed by atoms with Gasteiger partial charge in [0.25, 0.3) is 5.91 Å². The highest BCUT2D eigenvalue weighted by molar-refractivity contribution is 8.16. The van der Waals surface area contributed by atoms with E-state index >= 15 is 0 Å². The van der Waals surface area contributed by atoms with Crippen molar-refractivity contribution in [2.75, 3.05) is 23.2 Å². The van der Waals surface area contributed by atoms with Crippen molar-refractivity contribution in [1.29, 1.82) is 0 Å². The maximum Gasteiger partial charge on any atom is 0.408 e. The number of fused-ring (bicyclic) bond motifs is 2. The fourth-order valence-corrected chi connectivity index (χ4v) is 8.49. The summed E-state index contributed by atoms with van der Waals surface area (Å²) >= 11 is 1.26. The van der Waals surface area contributed by atoms with Gasteiger partial charge in [-0.1, -0.05) is 42.1 Å². The number of amidine groups is 1.